The number of hydrogen-bond donors (Lipinski definition) is 5. The van der Waals surface area contributed by atoms with Gasteiger partial charge in [0.1, 0.15) is 0 Å². The van der Waals surface area contributed by atoms with Gasteiger partial charge in [0, 0.05) is 41.5 Å². The maximum atomic E-state index is 12.8. The maximum Gasteiger partial charge on any atom is 0.255 e. The summed E-state index contributed by atoms with van der Waals surface area (Å²) in [5, 5.41) is 23.3. The summed E-state index contributed by atoms with van der Waals surface area (Å²) in [6.07, 6.45) is 0.537. The van der Waals surface area contributed by atoms with Gasteiger partial charge in [-0.25, -0.2) is 0 Å². The molecule has 3 rings (SSSR count). The highest BCUT2D eigenvalue weighted by molar-refractivity contribution is 6.07. The smallest absolute Gasteiger partial charge is 0.255 e. The van der Waals surface area contributed by atoms with E-state index >= 15 is 0 Å². The SMILES string of the molecule is C[C@@H](CC(=N)c1ccc(C(=O)Nc2cc(N)ccc2-c2ccccc2)cc1)NCCO. The van der Waals surface area contributed by atoms with Gasteiger partial charge in [-0.15, -0.1) is 0 Å². The van der Waals surface area contributed by atoms with Crippen molar-refractivity contribution < 1.29 is 9.90 Å². The summed E-state index contributed by atoms with van der Waals surface area (Å²) >= 11 is 0. The van der Waals surface area contributed by atoms with Crippen molar-refractivity contribution in [2.24, 2.45) is 0 Å². The molecule has 6 nitrogen and oxygen atoms in total. The zero-order valence-electron chi connectivity index (χ0n) is 17.6. The molecule has 1 atom stereocenters. The molecule has 6 heteroatoms. The molecule has 0 aliphatic heterocycles. The fourth-order valence-electron chi connectivity index (χ4n) is 3.36. The molecule has 0 heterocycles. The highest BCUT2D eigenvalue weighted by Crippen LogP contribution is 2.30. The molecule has 0 saturated carbocycles. The lowest BCUT2D eigenvalue weighted by molar-refractivity contribution is 0.102. The monoisotopic (exact) mass is 416 g/mol. The zero-order valence-corrected chi connectivity index (χ0v) is 17.6. The Bertz CT molecular complexity index is 1030. The van der Waals surface area contributed by atoms with E-state index in [9.17, 15) is 4.79 Å². The van der Waals surface area contributed by atoms with Gasteiger partial charge in [0.05, 0.1) is 12.3 Å². The minimum absolute atomic E-state index is 0.0700. The quantitative estimate of drug-likeness (QED) is 0.269. The molecule has 0 aromatic heterocycles. The van der Waals surface area contributed by atoms with E-state index in [-0.39, 0.29) is 18.6 Å². The Labute approximate surface area is 182 Å². The predicted molar refractivity (Wildman–Crippen MR) is 127 cm³/mol. The van der Waals surface area contributed by atoms with Crippen molar-refractivity contribution in [3.05, 3.63) is 83.9 Å². The number of nitrogens with one attached hydrogen (secondary N) is 3. The van der Waals surface area contributed by atoms with E-state index in [1.165, 1.54) is 0 Å². The van der Waals surface area contributed by atoms with Gasteiger partial charge >= 0.3 is 0 Å². The first-order valence-electron chi connectivity index (χ1n) is 10.3. The van der Waals surface area contributed by atoms with Crippen LogP contribution in [0.1, 0.15) is 29.3 Å². The summed E-state index contributed by atoms with van der Waals surface area (Å²) in [5.74, 6) is -0.237. The van der Waals surface area contributed by atoms with Crippen LogP contribution in [0.25, 0.3) is 11.1 Å². The average molecular weight is 417 g/mol. The first kappa shape index (κ1) is 22.2. The Kier molecular flexibility index (Phi) is 7.54. The Balaban J connectivity index is 1.72. The van der Waals surface area contributed by atoms with Gasteiger partial charge in [-0.2, -0.15) is 0 Å². The van der Waals surface area contributed by atoms with Crippen LogP contribution in [0.15, 0.2) is 72.8 Å². The summed E-state index contributed by atoms with van der Waals surface area (Å²) in [5.41, 5.74) is 10.8. The highest BCUT2D eigenvalue weighted by Gasteiger charge is 2.13. The molecule has 0 spiro atoms. The molecule has 0 radical (unpaired) electrons. The molecule has 31 heavy (non-hydrogen) atoms. The van der Waals surface area contributed by atoms with Crippen LogP contribution < -0.4 is 16.4 Å². The topological polar surface area (TPSA) is 111 Å². The Morgan fingerprint density at radius 1 is 1.03 bits per heavy atom. The lowest BCUT2D eigenvalue weighted by Gasteiger charge is -2.14. The second-order valence-corrected chi connectivity index (χ2v) is 7.46. The van der Waals surface area contributed by atoms with Gasteiger partial charge in [-0.05, 0) is 42.3 Å². The van der Waals surface area contributed by atoms with Gasteiger partial charge < -0.3 is 26.9 Å². The van der Waals surface area contributed by atoms with Crippen LogP contribution >= 0.6 is 0 Å². The molecule has 1 amide bonds. The summed E-state index contributed by atoms with van der Waals surface area (Å²) < 4.78 is 0. The molecule has 3 aromatic carbocycles. The normalized spacial score (nSPS) is 11.7. The van der Waals surface area contributed by atoms with E-state index in [1.807, 2.05) is 49.4 Å². The molecule has 0 saturated heterocycles. The number of nitrogen functional groups attached to an aromatic ring is 1. The first-order chi connectivity index (χ1) is 15.0. The van der Waals surface area contributed by atoms with E-state index in [2.05, 4.69) is 10.6 Å². The van der Waals surface area contributed by atoms with Crippen molar-refractivity contribution in [1.82, 2.24) is 5.32 Å². The number of carbonyl (C=O) groups excluding carboxylic acids is 1. The zero-order chi connectivity index (χ0) is 22.2. The molecule has 0 aliphatic rings. The summed E-state index contributed by atoms with van der Waals surface area (Å²) in [7, 11) is 0. The Morgan fingerprint density at radius 2 is 1.71 bits per heavy atom. The van der Waals surface area contributed by atoms with Crippen molar-refractivity contribution in [2.75, 3.05) is 24.2 Å². The number of anilines is 2. The molecule has 160 valence electrons. The summed E-state index contributed by atoms with van der Waals surface area (Å²) in [6, 6.07) is 22.4. The third-order valence-electron chi connectivity index (χ3n) is 4.99. The second kappa shape index (κ2) is 10.5. The molecule has 0 unspecified atom stereocenters. The van der Waals surface area contributed by atoms with Crippen molar-refractivity contribution in [1.29, 1.82) is 5.41 Å². The minimum Gasteiger partial charge on any atom is -0.399 e. The molecular weight excluding hydrogens is 388 g/mol. The third-order valence-corrected chi connectivity index (χ3v) is 4.99. The lowest BCUT2D eigenvalue weighted by atomic mass is 10.0. The number of benzene rings is 3. The fraction of sp³-hybridized carbons (Fsp3) is 0.200. The van der Waals surface area contributed by atoms with Gasteiger partial charge in [0.15, 0.2) is 0 Å². The molecule has 0 fully saturated rings. The van der Waals surface area contributed by atoms with Crippen molar-refractivity contribution in [3.8, 4) is 11.1 Å². The average Bonchev–Trinajstić information content (AvgIpc) is 2.78. The van der Waals surface area contributed by atoms with Crippen molar-refractivity contribution in [3.63, 3.8) is 0 Å². The number of aliphatic hydroxyl groups excluding tert-OH is 1. The standard InChI is InChI=1S/C25H28N4O2/c1-17(28-13-14-30)15-23(27)19-7-9-20(10-8-19)25(31)29-24-16-21(26)11-12-22(24)18-5-3-2-4-6-18/h2-12,16-17,27-28,30H,13-15,26H2,1H3,(H,29,31)/t17-/m0/s1. The number of rotatable bonds is 9. The van der Waals surface area contributed by atoms with Gasteiger partial charge in [0.2, 0.25) is 0 Å². The molecular formula is C25H28N4O2. The van der Waals surface area contributed by atoms with Crippen LogP contribution in [-0.4, -0.2) is 35.9 Å². The van der Waals surface area contributed by atoms with E-state index in [4.69, 9.17) is 16.2 Å². The maximum absolute atomic E-state index is 12.8. The Hall–Kier alpha value is -3.48. The predicted octanol–water partition coefficient (Wildman–Crippen LogP) is 3.92. The molecule has 0 bridgehead atoms. The largest absolute Gasteiger partial charge is 0.399 e. The highest BCUT2D eigenvalue weighted by atomic mass is 16.3. The first-order valence-corrected chi connectivity index (χ1v) is 10.3. The summed E-state index contributed by atoms with van der Waals surface area (Å²) in [6.45, 7) is 2.55. The van der Waals surface area contributed by atoms with E-state index in [0.717, 1.165) is 16.7 Å². The number of nitrogens with two attached hydrogens (primary N) is 1. The number of aliphatic hydroxyl groups is 1. The van der Waals surface area contributed by atoms with Crippen LogP contribution in [0.5, 0.6) is 0 Å². The molecule has 0 aliphatic carbocycles. The van der Waals surface area contributed by atoms with Crippen LogP contribution in [0.3, 0.4) is 0 Å². The van der Waals surface area contributed by atoms with Crippen molar-refractivity contribution in [2.45, 2.75) is 19.4 Å². The number of amides is 1. The van der Waals surface area contributed by atoms with Crippen LogP contribution in [0.2, 0.25) is 0 Å². The lowest BCUT2D eigenvalue weighted by Crippen LogP contribution is -2.30. The van der Waals surface area contributed by atoms with Gasteiger partial charge in [0.25, 0.3) is 5.91 Å². The molecule has 3 aromatic rings. The van der Waals surface area contributed by atoms with Gasteiger partial charge in [-0.1, -0.05) is 48.5 Å². The van der Waals surface area contributed by atoms with Crippen molar-refractivity contribution >= 4 is 23.0 Å². The summed E-state index contributed by atoms with van der Waals surface area (Å²) in [4.78, 5) is 12.8. The van der Waals surface area contributed by atoms with E-state index in [1.54, 1.807) is 30.3 Å². The number of hydrogen-bond acceptors (Lipinski definition) is 5. The van der Waals surface area contributed by atoms with Gasteiger partial charge in [-0.3, -0.25) is 4.79 Å². The van der Waals surface area contributed by atoms with E-state index < -0.39 is 0 Å². The molecule has 6 N–H and O–H groups in total. The Morgan fingerprint density at radius 3 is 2.39 bits per heavy atom. The number of carbonyl (C=O) groups is 1. The third kappa shape index (κ3) is 6.01. The van der Waals surface area contributed by atoms with Crippen LogP contribution in [0.4, 0.5) is 11.4 Å². The fourth-order valence-corrected chi connectivity index (χ4v) is 3.36. The van der Waals surface area contributed by atoms with Crippen LogP contribution in [0, 0.1) is 5.41 Å². The van der Waals surface area contributed by atoms with Crippen LogP contribution in [-0.2, 0) is 0 Å². The minimum atomic E-state index is -0.237. The second-order valence-electron chi connectivity index (χ2n) is 7.46. The van der Waals surface area contributed by atoms with E-state index in [0.29, 0.717) is 35.6 Å².